The maximum absolute atomic E-state index is 12.1. The van der Waals surface area contributed by atoms with Crippen LogP contribution < -0.4 is 0 Å². The van der Waals surface area contributed by atoms with Crippen LogP contribution in [0.3, 0.4) is 0 Å². The second-order valence-corrected chi connectivity index (χ2v) is 23.9. The Morgan fingerprint density at radius 3 is 1.89 bits per heavy atom. The maximum Gasteiger partial charge on any atom is 0.187 e. The lowest BCUT2D eigenvalue weighted by Crippen LogP contribution is -2.65. The number of aliphatic hydroxyl groups is 14. The van der Waals surface area contributed by atoms with Crippen LogP contribution in [0.1, 0.15) is 91.9 Å². The third-order valence-electron chi connectivity index (χ3n) is 19.7. The van der Waals surface area contributed by atoms with E-state index in [9.17, 15) is 71.5 Å². The second-order valence-electron chi connectivity index (χ2n) is 23.9. The fraction of sp³-hybridized carbons (Fsp3) is 1.00. The quantitative estimate of drug-likeness (QED) is 0.0714. The minimum atomic E-state index is -1.84. The van der Waals surface area contributed by atoms with Crippen molar-refractivity contribution >= 4 is 0 Å². The van der Waals surface area contributed by atoms with Crippen molar-refractivity contribution in [1.82, 2.24) is 0 Å². The lowest BCUT2D eigenvalue weighted by Gasteiger charge is -2.61. The molecule has 0 bridgehead atoms. The van der Waals surface area contributed by atoms with Crippen LogP contribution in [0.4, 0.5) is 0 Å². The van der Waals surface area contributed by atoms with Gasteiger partial charge >= 0.3 is 0 Å². The lowest BCUT2D eigenvalue weighted by molar-refractivity contribution is -0.369. The molecule has 4 aliphatic carbocycles. The summed E-state index contributed by atoms with van der Waals surface area (Å²) >= 11 is 0. The van der Waals surface area contributed by atoms with Gasteiger partial charge in [-0.2, -0.15) is 0 Å². The molecular formula is C50H84O23. The van der Waals surface area contributed by atoms with Crippen molar-refractivity contribution in [3.63, 3.8) is 0 Å². The first-order valence-corrected chi connectivity index (χ1v) is 26.8. The van der Waals surface area contributed by atoms with Crippen molar-refractivity contribution in [1.29, 1.82) is 0 Å². The highest BCUT2D eigenvalue weighted by Crippen LogP contribution is 2.71. The molecule has 0 aromatic heterocycles. The predicted octanol–water partition coefficient (Wildman–Crippen LogP) is -3.32. The molecule has 14 N–H and O–H groups in total. The highest BCUT2D eigenvalue weighted by molar-refractivity contribution is 5.15. The van der Waals surface area contributed by atoms with E-state index in [1.807, 2.05) is 6.92 Å². The van der Waals surface area contributed by atoms with Gasteiger partial charge in [0.25, 0.3) is 0 Å². The monoisotopic (exact) mass is 1050 g/mol. The van der Waals surface area contributed by atoms with Crippen molar-refractivity contribution in [3.05, 3.63) is 0 Å². The number of hydrogen-bond acceptors (Lipinski definition) is 23. The van der Waals surface area contributed by atoms with Crippen LogP contribution in [-0.2, 0) is 42.6 Å². The largest absolute Gasteiger partial charge is 0.394 e. The molecule has 73 heavy (non-hydrogen) atoms. The molecule has 9 fully saturated rings. The van der Waals surface area contributed by atoms with Gasteiger partial charge in [0.2, 0.25) is 0 Å². The summed E-state index contributed by atoms with van der Waals surface area (Å²) in [5, 5.41) is 148. The molecule has 23 nitrogen and oxygen atoms in total. The zero-order chi connectivity index (χ0) is 52.6. The fourth-order valence-electron chi connectivity index (χ4n) is 15.3. The van der Waals surface area contributed by atoms with Crippen molar-refractivity contribution in [2.75, 3.05) is 33.0 Å². The number of aliphatic hydroxyl groups excluding tert-OH is 13. The van der Waals surface area contributed by atoms with Gasteiger partial charge in [-0.05, 0) is 104 Å². The van der Waals surface area contributed by atoms with Gasteiger partial charge in [-0.1, -0.05) is 27.7 Å². The Morgan fingerprint density at radius 2 is 1.21 bits per heavy atom. The Bertz CT molecular complexity index is 1820. The van der Waals surface area contributed by atoms with E-state index in [4.69, 9.17) is 42.6 Å². The fourth-order valence-corrected chi connectivity index (χ4v) is 15.3. The molecule has 0 unspecified atom stereocenters. The lowest BCUT2D eigenvalue weighted by atomic mass is 9.44. The van der Waals surface area contributed by atoms with Gasteiger partial charge in [0.1, 0.15) is 91.6 Å². The van der Waals surface area contributed by atoms with E-state index in [0.717, 1.165) is 38.5 Å². The van der Waals surface area contributed by atoms with Crippen molar-refractivity contribution in [2.24, 2.45) is 52.3 Å². The molecule has 0 spiro atoms. The molecule has 5 saturated heterocycles. The van der Waals surface area contributed by atoms with Gasteiger partial charge in [-0.25, -0.2) is 0 Å². The number of hydrogen-bond donors (Lipinski definition) is 14. The SMILES string of the molecule is C[C@@H](CC[C@@]1(O)O[C@H]2C[C@H]3[C@@H]4CC[C@@H]5C[C@@H](O[C@@H]6O[C@H](CO[C@@H]7OC[C@H](O)[C@H](O)[C@H]7O)[C@@H](O[C@@H]7O[C@H](CO)[C@@H](O)[C@H](O)[C@H]7O)[C@H](O)[C@H]6O)CC[C@]5(C)[C@H]4CC[C@]3(C)[C@H]2[C@@H]1C)CO[C@@H]1O[C@H](CO)[C@@H](O)[C@H](O)[C@H]1O. The molecule has 23 heteroatoms. The normalized spacial score (nSPS) is 55.6. The maximum atomic E-state index is 12.1. The summed E-state index contributed by atoms with van der Waals surface area (Å²) in [6.45, 7) is 6.91. The molecule has 31 atom stereocenters. The van der Waals surface area contributed by atoms with E-state index in [2.05, 4.69) is 20.8 Å². The van der Waals surface area contributed by atoms with Gasteiger partial charge in [0, 0.05) is 12.3 Å². The molecular weight excluding hydrogens is 969 g/mol. The standard InChI is InChI=1S/C50H84O23/c1-20(17-65-45-40(61)36(57)34(55)29(15-51)69-45)7-12-50(64)21(2)32-28(73-50)14-26-24-6-5-22-13-23(8-10-48(22,3)25(24)9-11-49(26,32)4)68-46-42(63)38(59)43(72-47-41(62)37(58)35(56)30(16-52)70-47)31(71-46)19-67-44-39(60)33(54)27(53)18-66-44/h20-47,51-64H,5-19H2,1-4H3/t20-,21-,22+,23-,24+,25-,26-,27-,28-,29+,30+,31+,32-,33-,34+,35+,36-,37-,38+,39+,40+,41+,42+,43+,44-,45+,46+,47-,48-,49-,50+/m0/s1. The Hall–Kier alpha value is -0.920. The molecule has 0 amide bonds. The number of fused-ring (bicyclic) bond motifs is 7. The second kappa shape index (κ2) is 22.3. The molecule has 0 aromatic rings. The Kier molecular flexibility index (Phi) is 17.4. The average Bonchev–Trinajstić information content (AvgIpc) is 3.81. The summed E-state index contributed by atoms with van der Waals surface area (Å²) in [5.74, 6) is 0.309. The molecule has 5 aliphatic heterocycles. The third kappa shape index (κ3) is 10.5. The number of ether oxygens (including phenoxy) is 9. The van der Waals surface area contributed by atoms with Crippen LogP contribution >= 0.6 is 0 Å². The van der Waals surface area contributed by atoms with E-state index in [1.54, 1.807) is 0 Å². The first kappa shape index (κ1) is 56.8. The predicted molar refractivity (Wildman–Crippen MR) is 246 cm³/mol. The summed E-state index contributed by atoms with van der Waals surface area (Å²) in [4.78, 5) is 0. The van der Waals surface area contributed by atoms with Crippen molar-refractivity contribution < 1.29 is 114 Å². The summed E-state index contributed by atoms with van der Waals surface area (Å²) in [5.41, 5.74) is -0.0205. The van der Waals surface area contributed by atoms with E-state index < -0.39 is 142 Å². The van der Waals surface area contributed by atoms with Crippen LogP contribution in [0.5, 0.6) is 0 Å². The van der Waals surface area contributed by atoms with Gasteiger partial charge in [0.15, 0.2) is 30.9 Å². The highest BCUT2D eigenvalue weighted by atomic mass is 16.8. The third-order valence-corrected chi connectivity index (χ3v) is 19.7. The summed E-state index contributed by atoms with van der Waals surface area (Å²) in [6, 6.07) is 0. The summed E-state index contributed by atoms with van der Waals surface area (Å²) < 4.78 is 53.5. The molecule has 5 heterocycles. The van der Waals surface area contributed by atoms with Gasteiger partial charge < -0.3 is 114 Å². The molecule has 422 valence electrons. The van der Waals surface area contributed by atoms with Crippen LogP contribution in [0.25, 0.3) is 0 Å². The molecule has 9 aliphatic rings. The first-order valence-electron chi connectivity index (χ1n) is 26.8. The Morgan fingerprint density at radius 1 is 0.603 bits per heavy atom. The Balaban J connectivity index is 0.805. The highest BCUT2D eigenvalue weighted by Gasteiger charge is 2.68. The zero-order valence-electron chi connectivity index (χ0n) is 42.2. The van der Waals surface area contributed by atoms with Crippen LogP contribution in [0.15, 0.2) is 0 Å². The Labute approximate surface area is 425 Å². The molecule has 4 saturated carbocycles. The minimum Gasteiger partial charge on any atom is -0.394 e. The summed E-state index contributed by atoms with van der Waals surface area (Å²) in [6.07, 6.45) is -21.2. The number of rotatable bonds is 15. The van der Waals surface area contributed by atoms with E-state index in [0.29, 0.717) is 49.4 Å². The van der Waals surface area contributed by atoms with Gasteiger partial charge in [-0.3, -0.25) is 0 Å². The first-order chi connectivity index (χ1) is 34.5. The summed E-state index contributed by atoms with van der Waals surface area (Å²) in [7, 11) is 0. The van der Waals surface area contributed by atoms with E-state index in [1.165, 1.54) is 0 Å². The molecule has 9 rings (SSSR count). The van der Waals surface area contributed by atoms with Crippen molar-refractivity contribution in [2.45, 2.75) is 227 Å². The van der Waals surface area contributed by atoms with Crippen LogP contribution in [-0.4, -0.2) is 239 Å². The topological polar surface area (TPSA) is 366 Å². The molecule has 0 aromatic carbocycles. The van der Waals surface area contributed by atoms with Gasteiger partial charge in [-0.15, -0.1) is 0 Å². The van der Waals surface area contributed by atoms with Crippen molar-refractivity contribution in [3.8, 4) is 0 Å². The zero-order valence-corrected chi connectivity index (χ0v) is 42.2. The average molecular weight is 1050 g/mol. The molecule has 0 radical (unpaired) electrons. The van der Waals surface area contributed by atoms with Crippen LogP contribution in [0, 0.1) is 52.3 Å². The van der Waals surface area contributed by atoms with Gasteiger partial charge in [0.05, 0.1) is 45.2 Å². The smallest absolute Gasteiger partial charge is 0.187 e. The van der Waals surface area contributed by atoms with Crippen LogP contribution in [0.2, 0.25) is 0 Å². The van der Waals surface area contributed by atoms with E-state index >= 15 is 0 Å². The van der Waals surface area contributed by atoms with E-state index in [-0.39, 0.29) is 54.0 Å². The minimum absolute atomic E-state index is 0.00801.